The number of carbonyl (C=O) groups is 1. The maximum absolute atomic E-state index is 12.5. The molecule has 1 fully saturated rings. The van der Waals surface area contributed by atoms with Crippen LogP contribution >= 0.6 is 0 Å². The second-order valence-corrected chi connectivity index (χ2v) is 5.27. The van der Waals surface area contributed by atoms with Crippen molar-refractivity contribution in [3.8, 4) is 0 Å². The smallest absolute Gasteiger partial charge is 0.272 e. The third-order valence-corrected chi connectivity index (χ3v) is 3.84. The van der Waals surface area contributed by atoms with Crippen molar-refractivity contribution in [2.24, 2.45) is 0 Å². The lowest BCUT2D eigenvalue weighted by molar-refractivity contribution is 0.0264. The third-order valence-electron chi connectivity index (χ3n) is 3.84. The van der Waals surface area contributed by atoms with Gasteiger partial charge < -0.3 is 15.3 Å². The molecule has 0 aliphatic heterocycles. The molecule has 5 heteroatoms. The fourth-order valence-corrected chi connectivity index (χ4v) is 2.71. The predicted molar refractivity (Wildman–Crippen MR) is 78.8 cm³/mol. The van der Waals surface area contributed by atoms with Gasteiger partial charge in [-0.15, -0.1) is 0 Å². The molecule has 0 bridgehead atoms. The van der Waals surface area contributed by atoms with Crippen LogP contribution in [0.25, 0.3) is 0 Å². The van der Waals surface area contributed by atoms with Crippen LogP contribution in [0.5, 0.6) is 0 Å². The molecule has 2 rings (SSSR count). The lowest BCUT2D eigenvalue weighted by Gasteiger charge is -2.35. The van der Waals surface area contributed by atoms with E-state index >= 15 is 0 Å². The third kappa shape index (κ3) is 3.28. The summed E-state index contributed by atoms with van der Waals surface area (Å²) in [6.45, 7) is 2.75. The highest BCUT2D eigenvalue weighted by atomic mass is 16.3. The van der Waals surface area contributed by atoms with Gasteiger partial charge >= 0.3 is 0 Å². The number of carbonyl (C=O) groups excluding carboxylic acids is 1. The average Bonchev–Trinajstić information content (AvgIpc) is 2.47. The van der Waals surface area contributed by atoms with Crippen molar-refractivity contribution in [3.63, 3.8) is 0 Å². The molecule has 2 atom stereocenters. The number of amides is 1. The summed E-state index contributed by atoms with van der Waals surface area (Å²) in [6, 6.07) is 5.29. The van der Waals surface area contributed by atoms with Gasteiger partial charge in [0, 0.05) is 13.6 Å². The van der Waals surface area contributed by atoms with Crippen LogP contribution in [-0.2, 0) is 0 Å². The molecule has 0 aromatic carbocycles. The van der Waals surface area contributed by atoms with E-state index in [1.54, 1.807) is 18.0 Å². The van der Waals surface area contributed by atoms with Gasteiger partial charge in [-0.1, -0.05) is 18.9 Å². The summed E-state index contributed by atoms with van der Waals surface area (Å²) >= 11 is 0. The Morgan fingerprint density at radius 1 is 1.45 bits per heavy atom. The van der Waals surface area contributed by atoms with Crippen molar-refractivity contribution in [2.75, 3.05) is 18.9 Å². The highest BCUT2D eigenvalue weighted by Crippen LogP contribution is 2.23. The zero-order valence-corrected chi connectivity index (χ0v) is 12.2. The standard InChI is InChI=1S/C15H23N3O2/c1-3-16-14-10-6-7-11(17-14)15(20)18(2)12-8-4-5-9-13(12)19/h6-7,10,12-13,19H,3-5,8-9H2,1-2H3,(H,16,17). The molecule has 110 valence electrons. The lowest BCUT2D eigenvalue weighted by atomic mass is 9.91. The summed E-state index contributed by atoms with van der Waals surface area (Å²) in [6.07, 6.45) is 3.30. The number of nitrogens with one attached hydrogen (secondary N) is 1. The number of anilines is 1. The second-order valence-electron chi connectivity index (χ2n) is 5.27. The van der Waals surface area contributed by atoms with E-state index in [2.05, 4.69) is 10.3 Å². The van der Waals surface area contributed by atoms with Gasteiger partial charge in [-0.2, -0.15) is 0 Å². The van der Waals surface area contributed by atoms with E-state index in [0.717, 1.165) is 32.2 Å². The molecule has 0 saturated heterocycles. The zero-order chi connectivity index (χ0) is 14.5. The van der Waals surface area contributed by atoms with Crippen LogP contribution in [0.3, 0.4) is 0 Å². The summed E-state index contributed by atoms with van der Waals surface area (Å²) in [7, 11) is 1.75. The van der Waals surface area contributed by atoms with E-state index in [-0.39, 0.29) is 11.9 Å². The number of aliphatic hydroxyl groups excluding tert-OH is 1. The van der Waals surface area contributed by atoms with Gasteiger partial charge in [-0.05, 0) is 31.9 Å². The molecule has 1 amide bonds. The summed E-state index contributed by atoms with van der Waals surface area (Å²) in [4.78, 5) is 18.4. The molecular weight excluding hydrogens is 254 g/mol. The van der Waals surface area contributed by atoms with E-state index in [1.165, 1.54) is 0 Å². The SMILES string of the molecule is CCNc1cccc(C(=O)N(C)C2CCCCC2O)n1. The van der Waals surface area contributed by atoms with Crippen LogP contribution in [0, 0.1) is 0 Å². The zero-order valence-electron chi connectivity index (χ0n) is 12.2. The van der Waals surface area contributed by atoms with E-state index in [1.807, 2.05) is 19.1 Å². The minimum atomic E-state index is -0.422. The van der Waals surface area contributed by atoms with E-state index < -0.39 is 6.10 Å². The topological polar surface area (TPSA) is 65.5 Å². The molecule has 1 heterocycles. The number of pyridine rings is 1. The molecule has 1 aromatic rings. The van der Waals surface area contributed by atoms with Gasteiger partial charge in [-0.3, -0.25) is 4.79 Å². The molecule has 20 heavy (non-hydrogen) atoms. The fraction of sp³-hybridized carbons (Fsp3) is 0.600. The number of aliphatic hydroxyl groups is 1. The first kappa shape index (κ1) is 14.8. The normalized spacial score (nSPS) is 22.4. The van der Waals surface area contributed by atoms with Crippen molar-refractivity contribution in [1.29, 1.82) is 0 Å². The summed E-state index contributed by atoms with van der Waals surface area (Å²) in [5, 5.41) is 13.1. The second kappa shape index (κ2) is 6.70. The molecule has 2 N–H and O–H groups in total. The Morgan fingerprint density at radius 3 is 2.90 bits per heavy atom. The van der Waals surface area contributed by atoms with Gasteiger partial charge in [-0.25, -0.2) is 4.98 Å². The van der Waals surface area contributed by atoms with Gasteiger partial charge in [0.05, 0.1) is 12.1 Å². The minimum Gasteiger partial charge on any atom is -0.391 e. The van der Waals surface area contributed by atoms with Crippen molar-refractivity contribution in [2.45, 2.75) is 44.8 Å². The number of rotatable bonds is 4. The summed E-state index contributed by atoms with van der Waals surface area (Å²) in [5.41, 5.74) is 0.420. The molecule has 1 aliphatic carbocycles. The Balaban J connectivity index is 2.11. The Labute approximate surface area is 120 Å². The van der Waals surface area contributed by atoms with E-state index in [0.29, 0.717) is 11.5 Å². The molecule has 1 aromatic heterocycles. The van der Waals surface area contributed by atoms with Crippen molar-refractivity contribution in [1.82, 2.24) is 9.88 Å². The van der Waals surface area contributed by atoms with Crippen molar-refractivity contribution >= 4 is 11.7 Å². The predicted octanol–water partition coefficient (Wildman–Crippen LogP) is 1.89. The summed E-state index contributed by atoms with van der Waals surface area (Å²) < 4.78 is 0. The van der Waals surface area contributed by atoms with Crippen molar-refractivity contribution < 1.29 is 9.90 Å². The Kier molecular flexibility index (Phi) is 4.95. The number of nitrogens with zero attached hydrogens (tertiary/aromatic N) is 2. The fourth-order valence-electron chi connectivity index (χ4n) is 2.71. The first-order valence-corrected chi connectivity index (χ1v) is 7.29. The largest absolute Gasteiger partial charge is 0.391 e. The first-order valence-electron chi connectivity index (χ1n) is 7.29. The van der Waals surface area contributed by atoms with Crippen molar-refractivity contribution in [3.05, 3.63) is 23.9 Å². The number of aromatic nitrogens is 1. The monoisotopic (exact) mass is 277 g/mol. The van der Waals surface area contributed by atoms with Crippen LogP contribution in [-0.4, -0.2) is 46.6 Å². The van der Waals surface area contributed by atoms with Crippen LogP contribution in [0.1, 0.15) is 43.1 Å². The number of likely N-dealkylation sites (N-methyl/N-ethyl adjacent to an activating group) is 1. The van der Waals surface area contributed by atoms with E-state index in [4.69, 9.17) is 0 Å². The Hall–Kier alpha value is -1.62. The average molecular weight is 277 g/mol. The Bertz CT molecular complexity index is 464. The summed E-state index contributed by atoms with van der Waals surface area (Å²) in [5.74, 6) is 0.576. The molecule has 1 aliphatic rings. The van der Waals surface area contributed by atoms with E-state index in [9.17, 15) is 9.90 Å². The lowest BCUT2D eigenvalue weighted by Crippen LogP contribution is -2.46. The Morgan fingerprint density at radius 2 is 2.20 bits per heavy atom. The molecular formula is C15H23N3O2. The highest BCUT2D eigenvalue weighted by Gasteiger charge is 2.30. The van der Waals surface area contributed by atoms with Crippen LogP contribution in [0.4, 0.5) is 5.82 Å². The van der Waals surface area contributed by atoms with Gasteiger partial charge in [0.1, 0.15) is 11.5 Å². The molecule has 0 radical (unpaired) electrons. The van der Waals surface area contributed by atoms with Crippen LogP contribution < -0.4 is 5.32 Å². The number of hydrogen-bond donors (Lipinski definition) is 2. The quantitative estimate of drug-likeness (QED) is 0.882. The van der Waals surface area contributed by atoms with Gasteiger partial charge in [0.2, 0.25) is 0 Å². The maximum atomic E-state index is 12.5. The molecule has 2 unspecified atom stereocenters. The van der Waals surface area contributed by atoms with Crippen LogP contribution in [0.15, 0.2) is 18.2 Å². The molecule has 0 spiro atoms. The van der Waals surface area contributed by atoms with Crippen LogP contribution in [0.2, 0.25) is 0 Å². The minimum absolute atomic E-state index is 0.0964. The highest BCUT2D eigenvalue weighted by molar-refractivity contribution is 5.92. The molecule has 5 nitrogen and oxygen atoms in total. The maximum Gasteiger partial charge on any atom is 0.272 e. The number of hydrogen-bond acceptors (Lipinski definition) is 4. The van der Waals surface area contributed by atoms with Gasteiger partial charge in [0.15, 0.2) is 0 Å². The first-order chi connectivity index (χ1) is 9.63. The molecule has 1 saturated carbocycles. The van der Waals surface area contributed by atoms with Gasteiger partial charge in [0.25, 0.3) is 5.91 Å².